The molecule has 2 aliphatic heterocycles. The molecule has 3 atom stereocenters. The molecule has 1 N–H and O–H groups in total. The molecule has 1 aliphatic carbocycles. The summed E-state index contributed by atoms with van der Waals surface area (Å²) in [5.41, 5.74) is 3.51. The maximum atomic E-state index is 11.3. The van der Waals surface area contributed by atoms with E-state index in [1.807, 2.05) is 18.2 Å². The van der Waals surface area contributed by atoms with Crippen molar-refractivity contribution in [3.8, 4) is 10.9 Å². The number of aromatic nitrogens is 1. The number of carbonyl (C=O) groups excluding carboxylic acids is 1. The molecule has 3 fully saturated rings. The number of aryl methyl sites for hydroxylation is 1. The molecule has 5 nitrogen and oxygen atoms in total. The summed E-state index contributed by atoms with van der Waals surface area (Å²) in [5, 5.41) is 3.76. The average molecular weight is 408 g/mol. The molecule has 2 saturated heterocycles. The lowest BCUT2D eigenvalue weighted by Crippen LogP contribution is -2.63. The topological polar surface area (TPSA) is 54.5 Å². The highest BCUT2D eigenvalue weighted by atomic mass is 32.1. The molecule has 1 saturated carbocycles. The van der Waals surface area contributed by atoms with Crippen LogP contribution in [0.15, 0.2) is 42.5 Å². The van der Waals surface area contributed by atoms with Crippen LogP contribution in [-0.4, -0.2) is 33.9 Å². The summed E-state index contributed by atoms with van der Waals surface area (Å²) in [7, 11) is 0. The van der Waals surface area contributed by atoms with Gasteiger partial charge >= 0.3 is 0 Å². The fourth-order valence-corrected chi connectivity index (χ4v) is 5.59. The Balaban J connectivity index is 1.20. The largest absolute Gasteiger partial charge is 0.431 e. The summed E-state index contributed by atoms with van der Waals surface area (Å²) < 4.78 is 7.13. The minimum Gasteiger partial charge on any atom is -0.431 e. The molecular formula is C23H25N3O2S. The number of piperidine rings is 1. The first-order valence-electron chi connectivity index (χ1n) is 10.2. The molecule has 6 rings (SSSR count). The molecule has 0 spiro atoms. The van der Waals surface area contributed by atoms with Crippen molar-refractivity contribution in [1.82, 2.24) is 15.2 Å². The number of ether oxygens (including phenoxy) is 1. The van der Waals surface area contributed by atoms with Crippen LogP contribution in [0.4, 0.5) is 0 Å². The Kier molecular flexibility index (Phi) is 4.76. The maximum Gasteiger partial charge on any atom is 0.279 e. The minimum absolute atomic E-state index is 0.0849. The third-order valence-electron chi connectivity index (χ3n) is 6.02. The molecule has 2 bridgehead atoms. The number of fused-ring (bicyclic) bond motifs is 3. The molecule has 2 unspecified atom stereocenters. The van der Waals surface area contributed by atoms with Gasteiger partial charge in [0.2, 0.25) is 5.91 Å². The number of carbonyl (C=O) groups is 1. The van der Waals surface area contributed by atoms with E-state index in [9.17, 15) is 4.79 Å². The molecular weight excluding hydrogens is 382 g/mol. The Morgan fingerprint density at radius 2 is 1.93 bits per heavy atom. The van der Waals surface area contributed by atoms with Crippen molar-refractivity contribution in [2.24, 2.45) is 0 Å². The summed E-state index contributed by atoms with van der Waals surface area (Å²) in [6.07, 6.45) is 3.39. The Morgan fingerprint density at radius 3 is 2.66 bits per heavy atom. The van der Waals surface area contributed by atoms with E-state index in [0.29, 0.717) is 23.3 Å². The first kappa shape index (κ1) is 18.6. The Labute approximate surface area is 174 Å². The van der Waals surface area contributed by atoms with Crippen molar-refractivity contribution in [2.75, 3.05) is 0 Å². The molecule has 0 radical (unpaired) electrons. The smallest absolute Gasteiger partial charge is 0.279 e. The van der Waals surface area contributed by atoms with Crippen LogP contribution >= 0.6 is 11.3 Å². The molecule has 29 heavy (non-hydrogen) atoms. The lowest BCUT2D eigenvalue weighted by Gasteiger charge is -2.55. The van der Waals surface area contributed by atoms with Crippen molar-refractivity contribution >= 4 is 27.5 Å². The first-order chi connectivity index (χ1) is 14.0. The van der Waals surface area contributed by atoms with Gasteiger partial charge in [-0.3, -0.25) is 9.69 Å². The fraction of sp³-hybridized carbons (Fsp3) is 0.391. The Hall–Kier alpha value is -2.44. The second kappa shape index (κ2) is 7.43. The molecule has 150 valence electrons. The number of nitrogens with one attached hydrogen (secondary N) is 1. The van der Waals surface area contributed by atoms with Gasteiger partial charge in [-0.2, -0.15) is 0 Å². The minimum atomic E-state index is 0.0849. The zero-order valence-electron chi connectivity index (χ0n) is 16.7. The second-order valence-corrected chi connectivity index (χ2v) is 9.27. The van der Waals surface area contributed by atoms with Gasteiger partial charge in [0.15, 0.2) is 0 Å². The van der Waals surface area contributed by atoms with E-state index in [1.165, 1.54) is 17.5 Å². The van der Waals surface area contributed by atoms with Gasteiger partial charge in [0.05, 0.1) is 10.2 Å². The van der Waals surface area contributed by atoms with Crippen LogP contribution in [0.25, 0.3) is 10.2 Å². The van der Waals surface area contributed by atoms with Crippen molar-refractivity contribution in [2.45, 2.75) is 57.8 Å². The molecule has 3 aromatic rings. The summed E-state index contributed by atoms with van der Waals surface area (Å²) in [6, 6.07) is 16.1. The van der Waals surface area contributed by atoms with Crippen LogP contribution in [0.2, 0.25) is 0 Å². The zero-order valence-corrected chi connectivity index (χ0v) is 17.5. The average Bonchev–Trinajstić information content (AvgIpc) is 3.08. The summed E-state index contributed by atoms with van der Waals surface area (Å²) >= 11 is 1.58. The van der Waals surface area contributed by atoms with Crippen molar-refractivity contribution in [1.29, 1.82) is 0 Å². The second-order valence-electron chi connectivity index (χ2n) is 8.28. The van der Waals surface area contributed by atoms with Gasteiger partial charge in [0.25, 0.3) is 5.19 Å². The van der Waals surface area contributed by atoms with Crippen LogP contribution in [-0.2, 0) is 11.3 Å². The number of hydrogen-bond donors (Lipinski definition) is 1. The predicted octanol–water partition coefficient (Wildman–Crippen LogP) is 4.64. The fourth-order valence-electron chi connectivity index (χ4n) is 4.65. The normalized spacial score (nSPS) is 23.6. The van der Waals surface area contributed by atoms with E-state index < -0.39 is 0 Å². The van der Waals surface area contributed by atoms with E-state index in [4.69, 9.17) is 4.74 Å². The lowest BCUT2D eigenvalue weighted by atomic mass is 9.76. The number of hydrogen-bond acceptors (Lipinski definition) is 5. The van der Waals surface area contributed by atoms with Gasteiger partial charge < -0.3 is 10.1 Å². The third-order valence-corrected chi connectivity index (χ3v) is 6.92. The van der Waals surface area contributed by atoms with E-state index in [1.54, 1.807) is 18.3 Å². The number of amides is 1. The van der Waals surface area contributed by atoms with Crippen molar-refractivity contribution in [3.63, 3.8) is 0 Å². The molecule has 1 amide bonds. The van der Waals surface area contributed by atoms with E-state index >= 15 is 0 Å². The van der Waals surface area contributed by atoms with Crippen LogP contribution in [0.3, 0.4) is 0 Å². The third kappa shape index (κ3) is 3.87. The molecule has 3 aliphatic rings. The van der Waals surface area contributed by atoms with Gasteiger partial charge in [-0.15, -0.1) is 0 Å². The molecule has 1 aromatic heterocycles. The van der Waals surface area contributed by atoms with Crippen LogP contribution in [0.1, 0.15) is 37.3 Å². The van der Waals surface area contributed by atoms with Gasteiger partial charge in [-0.1, -0.05) is 29.5 Å². The highest BCUT2D eigenvalue weighted by molar-refractivity contribution is 7.20. The summed E-state index contributed by atoms with van der Waals surface area (Å²) in [6.45, 7) is 4.66. The first-order valence-corrected chi connectivity index (χ1v) is 11.0. The Morgan fingerprint density at radius 1 is 1.17 bits per heavy atom. The van der Waals surface area contributed by atoms with Crippen LogP contribution in [0.5, 0.6) is 10.9 Å². The predicted molar refractivity (Wildman–Crippen MR) is 115 cm³/mol. The van der Waals surface area contributed by atoms with Gasteiger partial charge in [-0.05, 0) is 61.6 Å². The van der Waals surface area contributed by atoms with Crippen molar-refractivity contribution in [3.05, 3.63) is 53.6 Å². The number of benzene rings is 2. The Bertz CT molecular complexity index is 1030. The zero-order chi connectivity index (χ0) is 20.0. The number of thiazole rings is 1. The monoisotopic (exact) mass is 407 g/mol. The quantitative estimate of drug-likeness (QED) is 0.670. The maximum absolute atomic E-state index is 11.3. The van der Waals surface area contributed by atoms with E-state index in [2.05, 4.69) is 46.4 Å². The van der Waals surface area contributed by atoms with Gasteiger partial charge in [0.1, 0.15) is 5.75 Å². The standard InChI is InChI=1S/C23H25N3O2S/c1-14-3-8-21-22(9-14)29-23(25-21)28-20-6-4-16(5-7-20)13-26-18-10-17(24-15(2)27)11-19(26)12-18/h3-9,17-19H,10-13H2,1-2H3,(H,24,27)/t17?,18-,19?/m1/s1. The van der Waals surface area contributed by atoms with Gasteiger partial charge in [-0.25, -0.2) is 4.98 Å². The van der Waals surface area contributed by atoms with Crippen LogP contribution in [0, 0.1) is 6.92 Å². The summed E-state index contributed by atoms with van der Waals surface area (Å²) in [4.78, 5) is 18.4. The van der Waals surface area contributed by atoms with Gasteiger partial charge in [0, 0.05) is 31.6 Å². The highest BCUT2D eigenvalue weighted by Gasteiger charge is 2.45. The summed E-state index contributed by atoms with van der Waals surface area (Å²) in [5.74, 6) is 0.903. The molecule has 2 aromatic carbocycles. The highest BCUT2D eigenvalue weighted by Crippen LogP contribution is 2.39. The number of nitrogens with zero attached hydrogens (tertiary/aromatic N) is 2. The SMILES string of the molecule is CC(=O)NC1CC2C[C@@H](C1)N2Cc1ccc(Oc2nc3ccc(C)cc3s2)cc1. The van der Waals surface area contributed by atoms with E-state index in [-0.39, 0.29) is 5.91 Å². The molecule has 3 heterocycles. The number of rotatable bonds is 5. The van der Waals surface area contributed by atoms with E-state index in [0.717, 1.165) is 35.4 Å². The molecule has 6 heteroatoms. The van der Waals surface area contributed by atoms with Crippen LogP contribution < -0.4 is 10.1 Å². The lowest BCUT2D eigenvalue weighted by molar-refractivity contribution is -0.121. The van der Waals surface area contributed by atoms with Crippen molar-refractivity contribution < 1.29 is 9.53 Å².